The Morgan fingerprint density at radius 1 is 0.220 bits per heavy atom. The number of hydrogen-bond acceptors (Lipinski definition) is 12. The van der Waals surface area contributed by atoms with E-state index in [4.69, 9.17) is 0 Å². The van der Waals surface area contributed by atoms with Crippen LogP contribution in [0.2, 0.25) is 0 Å². The summed E-state index contributed by atoms with van der Waals surface area (Å²) < 4.78 is 210. The molecule has 0 N–H and O–H groups in total. The van der Waals surface area contributed by atoms with E-state index in [0.717, 1.165) is 0 Å². The number of ketones is 6. The van der Waals surface area contributed by atoms with Crippen LogP contribution in [0, 0.1) is 32.5 Å². The van der Waals surface area contributed by atoms with E-state index in [1.807, 2.05) is 0 Å². The van der Waals surface area contributed by atoms with Crippen LogP contribution in [0.3, 0.4) is 0 Å². The maximum absolute atomic E-state index is 11.7. The number of carbonyl (C=O) groups is 6. The quantitative estimate of drug-likeness (QED) is 0.161. The molecule has 0 rings (SSSR count). The monoisotopic (exact) mass is 1300 g/mol. The van der Waals surface area contributed by atoms with E-state index in [0.29, 0.717) is 0 Å². The minimum Gasteiger partial charge on any atom is -0.869 e. The van der Waals surface area contributed by atoms with Crippen molar-refractivity contribution in [3.8, 4) is 0 Å². The van der Waals surface area contributed by atoms with E-state index >= 15 is 0 Å². The van der Waals surface area contributed by atoms with Gasteiger partial charge in [0.25, 0.3) is 0 Å². The molecule has 0 aromatic carbocycles. The molecule has 0 heterocycles. The fourth-order valence-corrected chi connectivity index (χ4v) is 2.50. The summed E-state index contributed by atoms with van der Waals surface area (Å²) in [6.45, 7) is 25.9. The van der Waals surface area contributed by atoms with E-state index in [1.165, 1.54) is 125 Å². The van der Waals surface area contributed by atoms with Crippen LogP contribution in [0.4, 0.5) is 79.0 Å². The predicted octanol–water partition coefficient (Wildman–Crippen LogP) is 2.45. The summed E-state index contributed by atoms with van der Waals surface area (Å²) in [4.78, 5) is 65.7. The zero-order valence-corrected chi connectivity index (χ0v) is 50.1. The number of halogens is 18. The fourth-order valence-electron chi connectivity index (χ4n) is 2.50. The molecule has 12 nitrogen and oxygen atoms in total. The smallest absolute Gasteiger partial charge is 0.869 e. The maximum Gasteiger partial charge on any atom is 2.00 e. The number of hydrogen-bond donors (Lipinski definition) is 0. The molecule has 0 radical (unpaired) electrons. The Morgan fingerprint density at radius 3 is 0.317 bits per heavy atom. The molecule has 0 bridgehead atoms. The molecular weight excluding hydrogens is 1240 g/mol. The maximum atomic E-state index is 11.7. The van der Waals surface area contributed by atoms with Crippen LogP contribution in [0.5, 0.6) is 0 Å². The van der Waals surface area contributed by atoms with Gasteiger partial charge in [0.2, 0.25) is 0 Å². The summed E-state index contributed by atoms with van der Waals surface area (Å²) in [7, 11) is 0. The largest absolute Gasteiger partial charge is 2.00 e. The minimum atomic E-state index is -4.96. The Morgan fingerprint density at radius 2 is 0.280 bits per heavy atom. The molecule has 0 fully saturated rings. The van der Waals surface area contributed by atoms with Gasteiger partial charge in [-0.3, -0.25) is 28.8 Å². The predicted molar refractivity (Wildman–Crippen MR) is 232 cm³/mol. The Hall–Kier alpha value is -3.77. The van der Waals surface area contributed by atoms with Crippen LogP contribution < -0.4 is 68.4 Å². The Kier molecular flexibility index (Phi) is 45.2. The first-order valence-electron chi connectivity index (χ1n) is 21.3. The van der Waals surface area contributed by atoms with Crippen LogP contribution in [0.1, 0.15) is 125 Å². The zero-order valence-electron chi connectivity index (χ0n) is 47.9. The molecule has 0 aliphatic carbocycles. The number of alkyl halides is 18. The molecule has 82 heavy (non-hydrogen) atoms. The molecule has 0 amide bonds. The summed E-state index contributed by atoms with van der Waals surface area (Å²) in [5.41, 5.74) is -5.74. The summed E-state index contributed by atoms with van der Waals surface area (Å²) in [5, 5.41) is 61.9. The fraction of sp³-hybridized carbons (Fsp3) is 0.625. The van der Waals surface area contributed by atoms with Gasteiger partial charge in [0.15, 0.2) is 34.7 Å². The molecule has 34 heteroatoms. The Balaban J connectivity index is -0.0000000939. The normalized spacial score (nSPS) is 13.8. The van der Waals surface area contributed by atoms with Crippen molar-refractivity contribution >= 4 is 34.7 Å². The van der Waals surface area contributed by atoms with Crippen LogP contribution in [0.25, 0.3) is 0 Å². The van der Waals surface area contributed by atoms with Crippen LogP contribution in [-0.2, 0) is 62.9 Å². The molecule has 0 aliphatic rings. The van der Waals surface area contributed by atoms with Gasteiger partial charge in [-0.15, -0.1) is 0 Å². The number of rotatable bonds is 6. The van der Waals surface area contributed by atoms with Gasteiger partial charge in [-0.1, -0.05) is 125 Å². The van der Waals surface area contributed by atoms with E-state index in [1.54, 1.807) is 0 Å². The third kappa shape index (κ3) is 50.7. The van der Waals surface area contributed by atoms with Gasteiger partial charge in [0, 0.05) is 32.5 Å². The second kappa shape index (κ2) is 36.9. The van der Waals surface area contributed by atoms with Gasteiger partial charge < -0.3 is 30.6 Å². The third-order valence-corrected chi connectivity index (χ3v) is 7.68. The van der Waals surface area contributed by atoms with Gasteiger partial charge in [0.05, 0.1) is 0 Å². The molecule has 468 valence electrons. The third-order valence-electron chi connectivity index (χ3n) is 7.68. The summed E-state index contributed by atoms with van der Waals surface area (Å²) in [5.74, 6) is -17.6. The summed E-state index contributed by atoms with van der Waals surface area (Å²) in [6.07, 6.45) is -29.2. The second-order valence-corrected chi connectivity index (χ2v) is 21.7. The zero-order chi connectivity index (χ0) is 65.2. The average Bonchev–Trinajstić information content (AvgIpc) is 3.14. The molecular formula is C48H60F18Fe2Li2O12. The van der Waals surface area contributed by atoms with E-state index in [9.17, 15) is 138 Å². The second-order valence-electron chi connectivity index (χ2n) is 21.7. The van der Waals surface area contributed by atoms with Gasteiger partial charge in [0.1, 0.15) is 0 Å². The molecule has 0 spiro atoms. The van der Waals surface area contributed by atoms with Crippen LogP contribution in [0.15, 0.2) is 71.0 Å². The van der Waals surface area contributed by atoms with Crippen molar-refractivity contribution in [2.45, 2.75) is 162 Å². The van der Waals surface area contributed by atoms with Gasteiger partial charge in [-0.25, -0.2) is 0 Å². The Bertz CT molecular complexity index is 1830. The van der Waals surface area contributed by atoms with E-state index in [2.05, 4.69) is 0 Å². The van der Waals surface area contributed by atoms with Crippen LogP contribution >= 0.6 is 0 Å². The van der Waals surface area contributed by atoms with Crippen molar-refractivity contribution in [3.05, 3.63) is 71.0 Å². The molecule has 0 aromatic rings. The average molecular weight is 1300 g/mol. The Labute approximate surface area is 507 Å². The van der Waals surface area contributed by atoms with Gasteiger partial charge in [-0.05, 0) is 71.0 Å². The van der Waals surface area contributed by atoms with Crippen molar-refractivity contribution in [1.29, 1.82) is 0 Å². The SMILES string of the molecule is CC(C)(C)C(=O)/C=C(\[O-])C(F)(F)F.CC(C)(C)C(=O)/C=C(\[O-])C(F)(F)F.CC(C)(C)C(=O)/C=C(\[O-])C(F)(F)F.CC(C)(C)C(=O)/C=C(\[O-])C(F)(F)F.CC(C)(C)C(=O)/C=C(\[O-])C(F)(F)F.CC(C)(C)C(=O)/C=C(\[O-])C(F)(F)F.[Fe+2].[Fe+2].[Li+].[Li+]. The van der Waals surface area contributed by atoms with E-state index < -0.39 is 139 Å². The first-order chi connectivity index (χ1) is 33.3. The van der Waals surface area contributed by atoms with Gasteiger partial charge in [-0.2, -0.15) is 79.0 Å². The standard InChI is InChI=1S/6C8H11F3O2.2Fe.2Li/c6*1-7(2,3)5(12)4-6(13)8(9,10)11;;;;/h6*4,13H,1-3H3;;;;/q;;;;;;2*+2;2*+1/p-6/b6*6-4-;;;;. The first-order valence-corrected chi connectivity index (χ1v) is 21.3. The van der Waals surface area contributed by atoms with Crippen molar-refractivity contribution in [3.63, 3.8) is 0 Å². The first kappa shape index (κ1) is 100. The van der Waals surface area contributed by atoms with Crippen molar-refractivity contribution < 1.29 is 210 Å². The van der Waals surface area contributed by atoms with Crippen molar-refractivity contribution in [2.75, 3.05) is 0 Å². The number of carbonyl (C=O) groups excluding carboxylic acids is 6. The minimum absolute atomic E-state index is 0. The molecule has 0 atom stereocenters. The summed E-state index contributed by atoms with van der Waals surface area (Å²) in [6, 6.07) is 0. The van der Waals surface area contributed by atoms with Gasteiger partial charge >= 0.3 is 109 Å². The summed E-state index contributed by atoms with van der Waals surface area (Å²) >= 11 is 0. The van der Waals surface area contributed by atoms with Crippen molar-refractivity contribution in [1.82, 2.24) is 0 Å². The molecule has 0 unspecified atom stereocenters. The molecule has 0 saturated heterocycles. The molecule has 0 aliphatic heterocycles. The number of allylic oxidation sites excluding steroid dienone is 12. The van der Waals surface area contributed by atoms with Crippen molar-refractivity contribution in [2.24, 2.45) is 32.5 Å². The van der Waals surface area contributed by atoms with Crippen LogP contribution in [-0.4, -0.2) is 71.8 Å². The topological polar surface area (TPSA) is 241 Å². The molecule has 0 aromatic heterocycles. The van der Waals surface area contributed by atoms with E-state index in [-0.39, 0.29) is 108 Å². The molecule has 0 saturated carbocycles.